The third-order valence-corrected chi connectivity index (χ3v) is 3.04. The Kier molecular flexibility index (Phi) is 5.91. The fraction of sp³-hybridized carbons (Fsp3) is 0.176. The second-order valence-electron chi connectivity index (χ2n) is 4.70. The van der Waals surface area contributed by atoms with Gasteiger partial charge in [-0.25, -0.2) is 0 Å². The van der Waals surface area contributed by atoms with Gasteiger partial charge in [0.1, 0.15) is 5.75 Å². The van der Waals surface area contributed by atoms with E-state index >= 15 is 0 Å². The van der Waals surface area contributed by atoms with Crippen molar-refractivity contribution in [1.82, 2.24) is 5.43 Å². The summed E-state index contributed by atoms with van der Waals surface area (Å²) in [6, 6.07) is 15.7. The predicted octanol–water partition coefficient (Wildman–Crippen LogP) is 3.71. The molecule has 0 radical (unpaired) electrons. The molecule has 0 aliphatic heterocycles. The Hall–Kier alpha value is -2.40. The van der Waals surface area contributed by atoms with Crippen molar-refractivity contribution in [3.05, 3.63) is 59.7 Å². The van der Waals surface area contributed by atoms with Crippen LogP contribution in [-0.4, -0.2) is 17.9 Å². The Morgan fingerprint density at radius 3 is 2.68 bits per heavy atom. The summed E-state index contributed by atoms with van der Waals surface area (Å²) in [5, 5.41) is 7.65. The fourth-order valence-corrected chi connectivity index (χ4v) is 2.03. The molecule has 0 unspecified atom stereocenters. The molecule has 0 amide bonds. The van der Waals surface area contributed by atoms with Gasteiger partial charge in [0.05, 0.1) is 12.8 Å². The fourth-order valence-electron chi connectivity index (χ4n) is 1.86. The number of aryl methyl sites for hydroxylation is 1. The first-order valence-electron chi connectivity index (χ1n) is 7.07. The smallest absolute Gasteiger partial charge is 0.191 e. The molecule has 0 saturated carbocycles. The van der Waals surface area contributed by atoms with Crippen molar-refractivity contribution < 1.29 is 4.74 Å². The van der Waals surface area contributed by atoms with E-state index in [9.17, 15) is 0 Å². The van der Waals surface area contributed by atoms with Crippen LogP contribution < -0.4 is 15.5 Å². The average molecular weight is 313 g/mol. The lowest BCUT2D eigenvalue weighted by Gasteiger charge is -2.07. The van der Waals surface area contributed by atoms with Crippen LogP contribution in [0, 0.1) is 6.92 Å². The van der Waals surface area contributed by atoms with Crippen LogP contribution in [-0.2, 0) is 0 Å². The second kappa shape index (κ2) is 8.14. The number of hydrazone groups is 1. The van der Waals surface area contributed by atoms with E-state index in [0.29, 0.717) is 11.7 Å². The Labute approximate surface area is 136 Å². The number of rotatable bonds is 5. The van der Waals surface area contributed by atoms with Crippen molar-refractivity contribution in [3.63, 3.8) is 0 Å². The molecule has 0 aromatic heterocycles. The maximum atomic E-state index is 5.39. The largest absolute Gasteiger partial charge is 0.494 e. The molecule has 0 bridgehead atoms. The van der Waals surface area contributed by atoms with E-state index in [1.165, 1.54) is 5.56 Å². The minimum atomic E-state index is 0.452. The molecule has 0 atom stereocenters. The summed E-state index contributed by atoms with van der Waals surface area (Å²) in [6.45, 7) is 4.65. The quantitative estimate of drug-likeness (QED) is 0.502. The number of nitrogens with zero attached hydrogens (tertiary/aromatic N) is 1. The maximum Gasteiger partial charge on any atom is 0.191 e. The van der Waals surface area contributed by atoms with Gasteiger partial charge >= 0.3 is 0 Å². The topological polar surface area (TPSA) is 45.6 Å². The van der Waals surface area contributed by atoms with Gasteiger partial charge in [0.15, 0.2) is 5.11 Å². The SMILES string of the molecule is CCOc1ccc(/C=N\NC(=S)Nc2cccc(C)c2)cc1. The first-order valence-corrected chi connectivity index (χ1v) is 7.48. The van der Waals surface area contributed by atoms with Crippen LogP contribution in [0.1, 0.15) is 18.1 Å². The highest BCUT2D eigenvalue weighted by Crippen LogP contribution is 2.11. The summed E-state index contributed by atoms with van der Waals surface area (Å²) in [5.74, 6) is 0.851. The Morgan fingerprint density at radius 1 is 1.23 bits per heavy atom. The van der Waals surface area contributed by atoms with Gasteiger partial charge in [-0.05, 0) is 73.6 Å². The molecular formula is C17H19N3OS. The molecule has 0 aliphatic rings. The van der Waals surface area contributed by atoms with Crippen molar-refractivity contribution in [2.24, 2.45) is 5.10 Å². The molecule has 2 N–H and O–H groups in total. The summed E-state index contributed by atoms with van der Waals surface area (Å²) in [5.41, 5.74) is 5.87. The lowest BCUT2D eigenvalue weighted by atomic mass is 10.2. The summed E-state index contributed by atoms with van der Waals surface area (Å²) in [4.78, 5) is 0. The highest BCUT2D eigenvalue weighted by Gasteiger charge is 1.96. The summed E-state index contributed by atoms with van der Waals surface area (Å²) >= 11 is 5.19. The van der Waals surface area contributed by atoms with Crippen molar-refractivity contribution in [1.29, 1.82) is 0 Å². The molecule has 0 aliphatic carbocycles. The molecular weight excluding hydrogens is 294 g/mol. The molecule has 22 heavy (non-hydrogen) atoms. The van der Waals surface area contributed by atoms with Gasteiger partial charge in [-0.15, -0.1) is 0 Å². The van der Waals surface area contributed by atoms with E-state index in [2.05, 4.69) is 15.8 Å². The number of ether oxygens (including phenoxy) is 1. The van der Waals surface area contributed by atoms with Gasteiger partial charge in [-0.3, -0.25) is 5.43 Å². The average Bonchev–Trinajstić information content (AvgIpc) is 2.49. The van der Waals surface area contributed by atoms with E-state index in [0.717, 1.165) is 17.0 Å². The van der Waals surface area contributed by atoms with Gasteiger partial charge in [0.2, 0.25) is 0 Å². The van der Waals surface area contributed by atoms with Gasteiger partial charge in [0, 0.05) is 5.69 Å². The third kappa shape index (κ3) is 5.18. The maximum absolute atomic E-state index is 5.39. The molecule has 114 valence electrons. The van der Waals surface area contributed by atoms with Crippen LogP contribution in [0.5, 0.6) is 5.75 Å². The summed E-state index contributed by atoms with van der Waals surface area (Å²) in [7, 11) is 0. The van der Waals surface area contributed by atoms with Crippen LogP contribution in [0.4, 0.5) is 5.69 Å². The molecule has 0 spiro atoms. The first-order chi connectivity index (χ1) is 10.7. The number of nitrogens with one attached hydrogen (secondary N) is 2. The van der Waals surface area contributed by atoms with Crippen molar-refractivity contribution in [3.8, 4) is 5.75 Å². The number of thiocarbonyl (C=S) groups is 1. The molecule has 0 heterocycles. The first kappa shape index (κ1) is 16.0. The van der Waals surface area contributed by atoms with Crippen molar-refractivity contribution in [2.75, 3.05) is 11.9 Å². The molecule has 0 saturated heterocycles. The minimum Gasteiger partial charge on any atom is -0.494 e. The normalized spacial score (nSPS) is 10.5. The van der Waals surface area contributed by atoms with E-state index in [1.807, 2.05) is 62.4 Å². The van der Waals surface area contributed by atoms with Crippen LogP contribution in [0.15, 0.2) is 53.6 Å². The standard InChI is InChI=1S/C17H19N3OS/c1-3-21-16-9-7-14(8-10-16)12-18-20-17(22)19-15-6-4-5-13(2)11-15/h4-12H,3H2,1-2H3,(H2,19,20,22)/b18-12-. The zero-order chi connectivity index (χ0) is 15.8. The van der Waals surface area contributed by atoms with Gasteiger partial charge < -0.3 is 10.1 Å². The lowest BCUT2D eigenvalue weighted by molar-refractivity contribution is 0.340. The predicted molar refractivity (Wildman–Crippen MR) is 95.7 cm³/mol. The zero-order valence-electron chi connectivity index (χ0n) is 12.7. The van der Waals surface area contributed by atoms with E-state index in [1.54, 1.807) is 6.21 Å². The zero-order valence-corrected chi connectivity index (χ0v) is 13.5. The second-order valence-corrected chi connectivity index (χ2v) is 5.10. The molecule has 2 aromatic rings. The van der Waals surface area contributed by atoms with Crippen LogP contribution in [0.25, 0.3) is 0 Å². The van der Waals surface area contributed by atoms with Crippen LogP contribution in [0.3, 0.4) is 0 Å². The van der Waals surface area contributed by atoms with Crippen molar-refractivity contribution >= 4 is 29.2 Å². The monoisotopic (exact) mass is 313 g/mol. The Balaban J connectivity index is 1.85. The van der Waals surface area contributed by atoms with E-state index in [-0.39, 0.29) is 0 Å². The number of hydrogen-bond acceptors (Lipinski definition) is 3. The molecule has 2 rings (SSSR count). The van der Waals surface area contributed by atoms with Gasteiger partial charge in [-0.2, -0.15) is 5.10 Å². The number of anilines is 1. The highest BCUT2D eigenvalue weighted by atomic mass is 32.1. The molecule has 0 fully saturated rings. The Bertz CT molecular complexity index is 653. The summed E-state index contributed by atoms with van der Waals surface area (Å²) in [6.07, 6.45) is 1.71. The Morgan fingerprint density at radius 2 is 2.00 bits per heavy atom. The van der Waals surface area contributed by atoms with Crippen molar-refractivity contribution in [2.45, 2.75) is 13.8 Å². The van der Waals surface area contributed by atoms with Crippen LogP contribution in [0.2, 0.25) is 0 Å². The minimum absolute atomic E-state index is 0.452. The van der Waals surface area contributed by atoms with Crippen LogP contribution >= 0.6 is 12.2 Å². The molecule has 4 nitrogen and oxygen atoms in total. The van der Waals surface area contributed by atoms with Gasteiger partial charge in [0.25, 0.3) is 0 Å². The lowest BCUT2D eigenvalue weighted by Crippen LogP contribution is -2.23. The van der Waals surface area contributed by atoms with E-state index < -0.39 is 0 Å². The molecule has 5 heteroatoms. The molecule has 2 aromatic carbocycles. The van der Waals surface area contributed by atoms with E-state index in [4.69, 9.17) is 17.0 Å². The van der Waals surface area contributed by atoms with Gasteiger partial charge in [-0.1, -0.05) is 12.1 Å². The third-order valence-electron chi connectivity index (χ3n) is 2.85. The number of hydrogen-bond donors (Lipinski definition) is 2. The highest BCUT2D eigenvalue weighted by molar-refractivity contribution is 7.80. The number of benzene rings is 2. The summed E-state index contributed by atoms with van der Waals surface area (Å²) < 4.78 is 5.39.